The Labute approximate surface area is 277 Å². The number of hydrogen-bond donors (Lipinski definition) is 1. The predicted molar refractivity (Wildman–Crippen MR) is 181 cm³/mol. The molecule has 4 aromatic carbocycles. The van der Waals surface area contributed by atoms with Crippen LogP contribution in [0.1, 0.15) is 16.7 Å². The van der Waals surface area contributed by atoms with Crippen LogP contribution in [0.4, 0.5) is 4.79 Å². The molecule has 1 heterocycles. The minimum Gasteiger partial charge on any atom is -0.382 e. The van der Waals surface area contributed by atoms with Gasteiger partial charge < -0.3 is 38.6 Å². The third kappa shape index (κ3) is 10.1. The predicted octanol–water partition coefficient (Wildman–Crippen LogP) is 5.60. The highest BCUT2D eigenvalue weighted by Crippen LogP contribution is 2.29. The fraction of sp³-hybridized carbons (Fsp3) is 0.395. The molecule has 4 aromatic rings. The number of amides is 2. The van der Waals surface area contributed by atoms with Crippen LogP contribution >= 0.6 is 0 Å². The molecule has 0 bridgehead atoms. The molecule has 0 unspecified atom stereocenters. The van der Waals surface area contributed by atoms with Gasteiger partial charge in [-0.25, -0.2) is 4.79 Å². The lowest BCUT2D eigenvalue weighted by molar-refractivity contribution is -0.187. The fourth-order valence-electron chi connectivity index (χ4n) is 6.01. The van der Waals surface area contributed by atoms with Crippen molar-refractivity contribution in [1.29, 1.82) is 0 Å². The van der Waals surface area contributed by atoms with Crippen LogP contribution in [-0.2, 0) is 47.8 Å². The van der Waals surface area contributed by atoms with Gasteiger partial charge in [-0.05, 0) is 46.4 Å². The van der Waals surface area contributed by atoms with E-state index in [-0.39, 0.29) is 19.6 Å². The van der Waals surface area contributed by atoms with E-state index >= 15 is 0 Å². The summed E-state index contributed by atoms with van der Waals surface area (Å²) < 4.78 is 35.1. The summed E-state index contributed by atoms with van der Waals surface area (Å²) in [5, 5.41) is 5.61. The number of benzene rings is 4. The molecule has 0 aromatic heterocycles. The zero-order chi connectivity index (χ0) is 32.7. The van der Waals surface area contributed by atoms with E-state index < -0.39 is 24.3 Å². The van der Waals surface area contributed by atoms with Crippen molar-refractivity contribution < 1.29 is 33.2 Å². The molecule has 2 amide bonds. The maximum Gasteiger partial charge on any atom is 0.318 e. The monoisotopic (exact) mass is 642 g/mol. The summed E-state index contributed by atoms with van der Waals surface area (Å²) in [6.45, 7) is 2.06. The molecular weight excluding hydrogens is 596 g/mol. The van der Waals surface area contributed by atoms with Crippen LogP contribution in [0.2, 0.25) is 0 Å². The minimum absolute atomic E-state index is 0.0137. The number of hydrogen-bond acceptors (Lipinski definition) is 7. The summed E-state index contributed by atoms with van der Waals surface area (Å²) in [5.41, 5.74) is 3.18. The van der Waals surface area contributed by atoms with Crippen LogP contribution < -0.4 is 5.32 Å². The SMILES string of the molecule is COCCOCO[C@@H]1[C@@H](OCOCCOC)[C@@H](Cc2ccccc2)NC(=O)N(Cc2ccc3ccccc3c2)[C@@H]1Cc1ccccc1. The number of rotatable bonds is 18. The molecule has 1 fully saturated rings. The average Bonchev–Trinajstić information content (AvgIpc) is 3.19. The first-order valence-corrected chi connectivity index (χ1v) is 16.2. The van der Waals surface area contributed by atoms with E-state index in [9.17, 15) is 4.79 Å². The molecule has 9 heteroatoms. The maximum absolute atomic E-state index is 14.4. The Bertz CT molecular complexity index is 1490. The lowest BCUT2D eigenvalue weighted by atomic mass is 9.91. The Morgan fingerprint density at radius 2 is 1.19 bits per heavy atom. The smallest absolute Gasteiger partial charge is 0.318 e. The second-order valence-corrected chi connectivity index (χ2v) is 11.6. The highest BCUT2D eigenvalue weighted by atomic mass is 16.7. The van der Waals surface area contributed by atoms with Gasteiger partial charge in [0.25, 0.3) is 0 Å². The largest absolute Gasteiger partial charge is 0.382 e. The topological polar surface area (TPSA) is 87.7 Å². The molecule has 4 atom stereocenters. The number of carbonyl (C=O) groups is 1. The molecule has 0 aliphatic carbocycles. The molecule has 1 aliphatic rings. The van der Waals surface area contributed by atoms with Crippen LogP contribution in [0, 0.1) is 0 Å². The lowest BCUT2D eigenvalue weighted by Crippen LogP contribution is -2.53. The first-order valence-electron chi connectivity index (χ1n) is 16.2. The summed E-state index contributed by atoms with van der Waals surface area (Å²) in [4.78, 5) is 16.3. The van der Waals surface area contributed by atoms with E-state index in [0.29, 0.717) is 45.8 Å². The van der Waals surface area contributed by atoms with Gasteiger partial charge in [0.05, 0.1) is 38.5 Å². The van der Waals surface area contributed by atoms with Gasteiger partial charge in [-0.3, -0.25) is 0 Å². The minimum atomic E-state index is -0.572. The summed E-state index contributed by atoms with van der Waals surface area (Å²) in [7, 11) is 3.27. The fourth-order valence-corrected chi connectivity index (χ4v) is 6.01. The van der Waals surface area contributed by atoms with Crippen LogP contribution in [-0.4, -0.2) is 89.5 Å². The molecule has 0 radical (unpaired) electrons. The number of urea groups is 1. The first kappa shape index (κ1) is 34.5. The van der Waals surface area contributed by atoms with Crippen LogP contribution in [0.15, 0.2) is 103 Å². The van der Waals surface area contributed by atoms with Gasteiger partial charge in [-0.15, -0.1) is 0 Å². The van der Waals surface area contributed by atoms with E-state index in [1.807, 2.05) is 53.4 Å². The molecule has 0 spiro atoms. The van der Waals surface area contributed by atoms with Gasteiger partial charge >= 0.3 is 6.03 Å². The van der Waals surface area contributed by atoms with Crippen molar-refractivity contribution in [1.82, 2.24) is 10.2 Å². The summed E-state index contributed by atoms with van der Waals surface area (Å²) >= 11 is 0. The Hall–Kier alpha value is -3.83. The lowest BCUT2D eigenvalue weighted by Gasteiger charge is -2.37. The number of ether oxygens (including phenoxy) is 6. The molecule has 5 rings (SSSR count). The van der Waals surface area contributed by atoms with E-state index in [1.165, 1.54) is 0 Å². The molecule has 1 saturated heterocycles. The summed E-state index contributed by atoms with van der Waals surface area (Å²) in [6.07, 6.45) is -0.0471. The molecule has 47 heavy (non-hydrogen) atoms. The van der Waals surface area contributed by atoms with Crippen molar-refractivity contribution in [3.05, 3.63) is 120 Å². The van der Waals surface area contributed by atoms with Gasteiger partial charge in [-0.1, -0.05) is 97.1 Å². The Morgan fingerprint density at radius 1 is 0.617 bits per heavy atom. The molecule has 9 nitrogen and oxygen atoms in total. The average molecular weight is 643 g/mol. The van der Waals surface area contributed by atoms with Crippen molar-refractivity contribution in [2.45, 2.75) is 43.7 Å². The van der Waals surface area contributed by atoms with Crippen molar-refractivity contribution >= 4 is 16.8 Å². The molecule has 1 N–H and O–H groups in total. The van der Waals surface area contributed by atoms with Crippen LogP contribution in [0.3, 0.4) is 0 Å². The quantitative estimate of drug-likeness (QED) is 0.112. The Balaban J connectivity index is 1.53. The van der Waals surface area contributed by atoms with Crippen molar-refractivity contribution in [3.8, 4) is 0 Å². The van der Waals surface area contributed by atoms with Crippen molar-refractivity contribution in [2.24, 2.45) is 0 Å². The number of carbonyl (C=O) groups excluding carboxylic acids is 1. The van der Waals surface area contributed by atoms with Crippen LogP contribution in [0.5, 0.6) is 0 Å². The van der Waals surface area contributed by atoms with Crippen molar-refractivity contribution in [2.75, 3.05) is 54.2 Å². The van der Waals surface area contributed by atoms with Gasteiger partial charge in [0, 0.05) is 20.8 Å². The molecule has 0 saturated carbocycles. The van der Waals surface area contributed by atoms with Gasteiger partial charge in [0.15, 0.2) is 0 Å². The number of nitrogens with one attached hydrogen (secondary N) is 1. The van der Waals surface area contributed by atoms with Gasteiger partial charge in [0.1, 0.15) is 25.8 Å². The van der Waals surface area contributed by atoms with E-state index in [4.69, 9.17) is 28.4 Å². The van der Waals surface area contributed by atoms with Crippen molar-refractivity contribution in [3.63, 3.8) is 0 Å². The second-order valence-electron chi connectivity index (χ2n) is 11.6. The molecule has 1 aliphatic heterocycles. The normalized spacial score (nSPS) is 19.9. The summed E-state index contributed by atoms with van der Waals surface area (Å²) in [5.74, 6) is 0. The second kappa shape index (κ2) is 18.5. The molecule has 250 valence electrons. The highest BCUT2D eigenvalue weighted by Gasteiger charge is 2.45. The van der Waals surface area contributed by atoms with E-state index in [0.717, 1.165) is 27.5 Å². The Morgan fingerprint density at radius 3 is 1.83 bits per heavy atom. The Kier molecular flexibility index (Phi) is 13.6. The van der Waals surface area contributed by atoms with Gasteiger partial charge in [0.2, 0.25) is 0 Å². The number of fused-ring (bicyclic) bond motifs is 1. The highest BCUT2D eigenvalue weighted by molar-refractivity contribution is 5.83. The molecular formula is C38H46N2O7. The number of methoxy groups -OCH3 is 2. The van der Waals surface area contributed by atoms with E-state index in [2.05, 4.69) is 59.9 Å². The zero-order valence-electron chi connectivity index (χ0n) is 27.3. The van der Waals surface area contributed by atoms with Gasteiger partial charge in [-0.2, -0.15) is 0 Å². The van der Waals surface area contributed by atoms with E-state index in [1.54, 1.807) is 14.2 Å². The summed E-state index contributed by atoms with van der Waals surface area (Å²) in [6, 6.07) is 33.9. The zero-order valence-corrected chi connectivity index (χ0v) is 27.3. The first-order chi connectivity index (χ1) is 23.2. The third-order valence-electron chi connectivity index (χ3n) is 8.37. The third-order valence-corrected chi connectivity index (χ3v) is 8.37. The maximum atomic E-state index is 14.4. The standard InChI is InChI=1S/C38H46N2O7/c1-42-19-21-44-27-46-36-34(24-29-11-5-3-6-12-29)39-38(41)40(26-31-17-18-32-15-9-10-16-33(32)23-31)35(25-30-13-7-4-8-14-30)37(36)47-28-45-22-20-43-2/h3-18,23,34-37H,19-22,24-28H2,1-2H3,(H,39,41)/t34-,35-,36+,37+/m1/s1. The van der Waals surface area contributed by atoms with Crippen LogP contribution in [0.25, 0.3) is 10.8 Å². The number of nitrogens with zero attached hydrogens (tertiary/aromatic N) is 1.